The minimum absolute atomic E-state index is 0.103. The van der Waals surface area contributed by atoms with Gasteiger partial charge in [0, 0.05) is 24.5 Å². The Balaban J connectivity index is 2.00. The van der Waals surface area contributed by atoms with Gasteiger partial charge in [-0.15, -0.1) is 0 Å². The van der Waals surface area contributed by atoms with Crippen LogP contribution < -0.4 is 10.6 Å². The minimum atomic E-state index is -0.158. The Labute approximate surface area is 103 Å². The monoisotopic (exact) mass is 232 g/mol. The standard InChI is InChI=1S/C14H20N2O/c1-14(2,3)16-13(17)8-12-11-7-5-4-6-10(11)9-15-12/h4-7,12,15H,8-9H2,1-3H3,(H,16,17). The maximum atomic E-state index is 11.9. The molecular weight excluding hydrogens is 212 g/mol. The average molecular weight is 232 g/mol. The van der Waals surface area contributed by atoms with Gasteiger partial charge < -0.3 is 10.6 Å². The van der Waals surface area contributed by atoms with Gasteiger partial charge in [-0.3, -0.25) is 4.79 Å². The highest BCUT2D eigenvalue weighted by atomic mass is 16.1. The molecule has 0 spiro atoms. The SMILES string of the molecule is CC(C)(C)NC(=O)CC1NCc2ccccc21. The van der Waals surface area contributed by atoms with Crippen molar-refractivity contribution in [1.29, 1.82) is 0 Å². The fourth-order valence-electron chi connectivity index (χ4n) is 2.22. The van der Waals surface area contributed by atoms with Crippen LogP contribution in [-0.4, -0.2) is 11.4 Å². The van der Waals surface area contributed by atoms with Gasteiger partial charge in [-0.1, -0.05) is 24.3 Å². The molecule has 0 bridgehead atoms. The molecule has 2 N–H and O–H groups in total. The summed E-state index contributed by atoms with van der Waals surface area (Å²) in [6.07, 6.45) is 0.508. The van der Waals surface area contributed by atoms with Crippen molar-refractivity contribution in [3.8, 4) is 0 Å². The third kappa shape index (κ3) is 3.07. The molecule has 17 heavy (non-hydrogen) atoms. The zero-order valence-electron chi connectivity index (χ0n) is 10.7. The molecule has 1 aliphatic rings. The zero-order chi connectivity index (χ0) is 12.5. The molecule has 0 aliphatic carbocycles. The summed E-state index contributed by atoms with van der Waals surface area (Å²) < 4.78 is 0. The van der Waals surface area contributed by atoms with E-state index in [1.807, 2.05) is 32.9 Å². The minimum Gasteiger partial charge on any atom is -0.351 e. The Morgan fingerprint density at radius 2 is 2.12 bits per heavy atom. The van der Waals surface area contributed by atoms with Gasteiger partial charge >= 0.3 is 0 Å². The van der Waals surface area contributed by atoms with Crippen LogP contribution in [0.15, 0.2) is 24.3 Å². The molecule has 3 heteroatoms. The highest BCUT2D eigenvalue weighted by Crippen LogP contribution is 2.27. The van der Waals surface area contributed by atoms with Gasteiger partial charge in [0.05, 0.1) is 0 Å². The summed E-state index contributed by atoms with van der Waals surface area (Å²) in [7, 11) is 0. The second kappa shape index (κ2) is 4.49. The lowest BCUT2D eigenvalue weighted by Crippen LogP contribution is -2.41. The van der Waals surface area contributed by atoms with Crippen molar-refractivity contribution in [3.05, 3.63) is 35.4 Å². The molecule has 2 rings (SSSR count). The van der Waals surface area contributed by atoms with Crippen LogP contribution >= 0.6 is 0 Å². The molecule has 0 saturated carbocycles. The molecule has 1 aromatic rings. The van der Waals surface area contributed by atoms with Gasteiger partial charge in [0.2, 0.25) is 5.91 Å². The molecule has 1 amide bonds. The van der Waals surface area contributed by atoms with Crippen molar-refractivity contribution >= 4 is 5.91 Å². The van der Waals surface area contributed by atoms with E-state index in [0.29, 0.717) is 6.42 Å². The van der Waals surface area contributed by atoms with Crippen LogP contribution in [0.5, 0.6) is 0 Å². The molecule has 0 fully saturated rings. The van der Waals surface area contributed by atoms with Crippen LogP contribution in [0.1, 0.15) is 44.4 Å². The van der Waals surface area contributed by atoms with Gasteiger partial charge in [-0.2, -0.15) is 0 Å². The Kier molecular flexibility index (Phi) is 3.20. The van der Waals surface area contributed by atoms with Crippen LogP contribution in [0.25, 0.3) is 0 Å². The number of carbonyl (C=O) groups excluding carboxylic acids is 1. The lowest BCUT2D eigenvalue weighted by atomic mass is 10.0. The highest BCUT2D eigenvalue weighted by Gasteiger charge is 2.24. The summed E-state index contributed by atoms with van der Waals surface area (Å²) in [5.74, 6) is 0.103. The number of benzene rings is 1. The molecule has 1 atom stereocenters. The van der Waals surface area contributed by atoms with E-state index in [2.05, 4.69) is 22.8 Å². The summed E-state index contributed by atoms with van der Waals surface area (Å²) >= 11 is 0. The molecule has 1 aliphatic heterocycles. The maximum Gasteiger partial charge on any atom is 0.222 e. The molecule has 0 aromatic heterocycles. The Bertz CT molecular complexity index is 420. The number of fused-ring (bicyclic) bond motifs is 1. The van der Waals surface area contributed by atoms with Crippen molar-refractivity contribution < 1.29 is 4.79 Å². The number of hydrogen-bond donors (Lipinski definition) is 2. The van der Waals surface area contributed by atoms with E-state index in [-0.39, 0.29) is 17.5 Å². The number of amides is 1. The van der Waals surface area contributed by atoms with Crippen LogP contribution in [0, 0.1) is 0 Å². The molecule has 92 valence electrons. The highest BCUT2D eigenvalue weighted by molar-refractivity contribution is 5.77. The van der Waals surface area contributed by atoms with Crippen molar-refractivity contribution in [2.75, 3.05) is 0 Å². The number of nitrogens with one attached hydrogen (secondary N) is 2. The number of carbonyl (C=O) groups is 1. The number of rotatable bonds is 2. The fraction of sp³-hybridized carbons (Fsp3) is 0.500. The summed E-state index contributed by atoms with van der Waals surface area (Å²) in [6, 6.07) is 8.45. The third-order valence-electron chi connectivity index (χ3n) is 2.87. The molecule has 1 heterocycles. The molecular formula is C14H20N2O. The maximum absolute atomic E-state index is 11.9. The first-order valence-electron chi connectivity index (χ1n) is 6.08. The van der Waals surface area contributed by atoms with Crippen molar-refractivity contribution in [1.82, 2.24) is 10.6 Å². The van der Waals surface area contributed by atoms with E-state index in [1.165, 1.54) is 11.1 Å². The van der Waals surface area contributed by atoms with Gasteiger partial charge in [-0.05, 0) is 31.9 Å². The lowest BCUT2D eigenvalue weighted by molar-refractivity contribution is -0.123. The van der Waals surface area contributed by atoms with E-state index < -0.39 is 0 Å². The number of hydrogen-bond acceptors (Lipinski definition) is 2. The molecule has 1 unspecified atom stereocenters. The van der Waals surface area contributed by atoms with E-state index >= 15 is 0 Å². The lowest BCUT2D eigenvalue weighted by Gasteiger charge is -2.22. The van der Waals surface area contributed by atoms with E-state index in [1.54, 1.807) is 0 Å². The van der Waals surface area contributed by atoms with Gasteiger partial charge in [0.25, 0.3) is 0 Å². The Morgan fingerprint density at radius 3 is 2.82 bits per heavy atom. The second-order valence-corrected chi connectivity index (χ2v) is 5.63. The molecule has 3 nitrogen and oxygen atoms in total. The first-order chi connectivity index (χ1) is 7.96. The summed E-state index contributed by atoms with van der Waals surface area (Å²) in [6.45, 7) is 6.87. The quantitative estimate of drug-likeness (QED) is 0.820. The van der Waals surface area contributed by atoms with Gasteiger partial charge in [0.1, 0.15) is 0 Å². The van der Waals surface area contributed by atoms with Crippen LogP contribution in [0.3, 0.4) is 0 Å². The largest absolute Gasteiger partial charge is 0.351 e. The topological polar surface area (TPSA) is 41.1 Å². The van der Waals surface area contributed by atoms with Crippen molar-refractivity contribution in [2.24, 2.45) is 0 Å². The summed E-state index contributed by atoms with van der Waals surface area (Å²) in [5.41, 5.74) is 2.41. The fourth-order valence-corrected chi connectivity index (χ4v) is 2.22. The van der Waals surface area contributed by atoms with Gasteiger partial charge in [-0.25, -0.2) is 0 Å². The van der Waals surface area contributed by atoms with Crippen LogP contribution in [-0.2, 0) is 11.3 Å². The first kappa shape index (κ1) is 12.1. The predicted octanol–water partition coefficient (Wildman–Crippen LogP) is 2.14. The van der Waals surface area contributed by atoms with Crippen LogP contribution in [0.4, 0.5) is 0 Å². The first-order valence-corrected chi connectivity index (χ1v) is 6.08. The summed E-state index contributed by atoms with van der Waals surface area (Å²) in [5, 5.41) is 6.38. The Morgan fingerprint density at radius 1 is 1.41 bits per heavy atom. The van der Waals surface area contributed by atoms with E-state index in [9.17, 15) is 4.79 Å². The van der Waals surface area contributed by atoms with Gasteiger partial charge in [0.15, 0.2) is 0 Å². The predicted molar refractivity (Wildman–Crippen MR) is 68.5 cm³/mol. The molecule has 1 aromatic carbocycles. The van der Waals surface area contributed by atoms with Crippen LogP contribution in [0.2, 0.25) is 0 Å². The van der Waals surface area contributed by atoms with Crippen molar-refractivity contribution in [3.63, 3.8) is 0 Å². The second-order valence-electron chi connectivity index (χ2n) is 5.63. The molecule has 0 radical (unpaired) electrons. The normalized spacial score (nSPS) is 18.9. The smallest absolute Gasteiger partial charge is 0.222 e. The van der Waals surface area contributed by atoms with E-state index in [4.69, 9.17) is 0 Å². The summed E-state index contributed by atoms with van der Waals surface area (Å²) in [4.78, 5) is 11.9. The third-order valence-corrected chi connectivity index (χ3v) is 2.87. The zero-order valence-corrected chi connectivity index (χ0v) is 10.7. The van der Waals surface area contributed by atoms with E-state index in [0.717, 1.165) is 6.54 Å². The van der Waals surface area contributed by atoms with Crippen molar-refractivity contribution in [2.45, 2.75) is 45.3 Å². The Hall–Kier alpha value is -1.35. The average Bonchev–Trinajstić information content (AvgIpc) is 2.59. The molecule has 0 saturated heterocycles.